The fraction of sp³-hybridized carbons (Fsp3) is 0.278. The molecule has 24 heavy (non-hydrogen) atoms. The molecule has 1 atom stereocenters. The van der Waals surface area contributed by atoms with Gasteiger partial charge in [-0.2, -0.15) is 0 Å². The maximum absolute atomic E-state index is 13.0. The van der Waals surface area contributed by atoms with Gasteiger partial charge in [0.25, 0.3) is 5.91 Å². The molecular formula is C18H18BrClFNO2. The Kier molecular flexibility index (Phi) is 6.63. The van der Waals surface area contributed by atoms with Gasteiger partial charge in [0, 0.05) is 5.02 Å². The van der Waals surface area contributed by atoms with Crippen LogP contribution in [0, 0.1) is 11.7 Å². The highest BCUT2D eigenvalue weighted by Gasteiger charge is 2.18. The normalized spacial score (nSPS) is 12.1. The van der Waals surface area contributed by atoms with Crippen molar-refractivity contribution in [1.29, 1.82) is 0 Å². The van der Waals surface area contributed by atoms with Crippen molar-refractivity contribution in [2.24, 2.45) is 5.92 Å². The molecule has 128 valence electrons. The first-order chi connectivity index (χ1) is 11.4. The van der Waals surface area contributed by atoms with Crippen molar-refractivity contribution < 1.29 is 13.9 Å². The third-order valence-corrected chi connectivity index (χ3v) is 4.34. The maximum atomic E-state index is 13.0. The van der Waals surface area contributed by atoms with E-state index in [9.17, 15) is 9.18 Å². The summed E-state index contributed by atoms with van der Waals surface area (Å²) in [7, 11) is 0. The molecule has 0 bridgehead atoms. The molecule has 0 fully saturated rings. The van der Waals surface area contributed by atoms with Crippen LogP contribution in [0.15, 0.2) is 46.9 Å². The molecule has 0 aromatic heterocycles. The van der Waals surface area contributed by atoms with Crippen molar-refractivity contribution in [2.45, 2.75) is 19.9 Å². The van der Waals surface area contributed by atoms with E-state index in [1.807, 2.05) is 26.0 Å². The number of carbonyl (C=O) groups excluding carboxylic acids is 1. The van der Waals surface area contributed by atoms with Gasteiger partial charge in [0.2, 0.25) is 0 Å². The largest absolute Gasteiger partial charge is 0.483 e. The van der Waals surface area contributed by atoms with Crippen LogP contribution in [-0.4, -0.2) is 12.5 Å². The van der Waals surface area contributed by atoms with Crippen molar-refractivity contribution in [3.63, 3.8) is 0 Å². The third kappa shape index (κ3) is 5.21. The Labute approximate surface area is 154 Å². The highest BCUT2D eigenvalue weighted by atomic mass is 79.9. The van der Waals surface area contributed by atoms with Crippen LogP contribution in [0.25, 0.3) is 0 Å². The molecule has 1 amide bonds. The molecule has 0 heterocycles. The van der Waals surface area contributed by atoms with E-state index >= 15 is 0 Å². The zero-order valence-electron chi connectivity index (χ0n) is 13.4. The van der Waals surface area contributed by atoms with Crippen LogP contribution in [0.2, 0.25) is 5.02 Å². The quantitative estimate of drug-likeness (QED) is 0.711. The molecule has 0 spiro atoms. The zero-order valence-corrected chi connectivity index (χ0v) is 15.7. The van der Waals surface area contributed by atoms with Crippen molar-refractivity contribution in [2.75, 3.05) is 6.61 Å². The maximum Gasteiger partial charge on any atom is 0.258 e. The number of ether oxygens (including phenoxy) is 1. The molecule has 0 aliphatic rings. The Morgan fingerprint density at radius 3 is 2.50 bits per heavy atom. The number of halogens is 3. The SMILES string of the molecule is CC(C)C(NC(=O)COc1ccc(F)cc1Br)c1ccc(Cl)cc1. The van der Waals surface area contributed by atoms with Crippen molar-refractivity contribution in [1.82, 2.24) is 5.32 Å². The average Bonchev–Trinajstić information content (AvgIpc) is 2.52. The monoisotopic (exact) mass is 413 g/mol. The molecule has 6 heteroatoms. The number of hydrogen-bond donors (Lipinski definition) is 1. The van der Waals surface area contributed by atoms with Crippen LogP contribution in [-0.2, 0) is 4.79 Å². The molecule has 0 aliphatic carbocycles. The fourth-order valence-electron chi connectivity index (χ4n) is 2.26. The van der Waals surface area contributed by atoms with Crippen LogP contribution in [0.3, 0.4) is 0 Å². The van der Waals surface area contributed by atoms with Crippen molar-refractivity contribution >= 4 is 33.4 Å². The molecule has 2 aromatic carbocycles. The van der Waals surface area contributed by atoms with Gasteiger partial charge in [-0.15, -0.1) is 0 Å². The lowest BCUT2D eigenvalue weighted by Crippen LogP contribution is -2.35. The number of rotatable bonds is 6. The highest BCUT2D eigenvalue weighted by molar-refractivity contribution is 9.10. The summed E-state index contributed by atoms with van der Waals surface area (Å²) < 4.78 is 19.0. The number of hydrogen-bond acceptors (Lipinski definition) is 2. The number of carbonyl (C=O) groups is 1. The number of amides is 1. The van der Waals surface area contributed by atoms with Gasteiger partial charge in [0.15, 0.2) is 6.61 Å². The molecule has 1 unspecified atom stereocenters. The molecule has 3 nitrogen and oxygen atoms in total. The Hall–Kier alpha value is -1.59. The first kappa shape index (κ1) is 18.7. The number of benzene rings is 2. The van der Waals surface area contributed by atoms with E-state index in [1.54, 1.807) is 12.1 Å². The molecule has 0 saturated carbocycles. The first-order valence-corrected chi connectivity index (χ1v) is 8.66. The summed E-state index contributed by atoms with van der Waals surface area (Å²) >= 11 is 9.11. The first-order valence-electron chi connectivity index (χ1n) is 7.49. The van der Waals surface area contributed by atoms with Crippen molar-refractivity contribution in [3.8, 4) is 5.75 Å². The lowest BCUT2D eigenvalue weighted by molar-refractivity contribution is -0.124. The van der Waals surface area contributed by atoms with E-state index < -0.39 is 0 Å². The van der Waals surface area contributed by atoms with Gasteiger partial charge < -0.3 is 10.1 Å². The molecule has 2 rings (SSSR count). The Morgan fingerprint density at radius 1 is 1.25 bits per heavy atom. The van der Waals surface area contributed by atoms with Crippen molar-refractivity contribution in [3.05, 3.63) is 63.3 Å². The number of nitrogens with one attached hydrogen (secondary N) is 1. The van der Waals surface area contributed by atoms with E-state index in [2.05, 4.69) is 21.2 Å². The predicted octanol–water partition coefficient (Wildman–Crippen LogP) is 5.13. The molecule has 2 aromatic rings. The summed E-state index contributed by atoms with van der Waals surface area (Å²) in [5, 5.41) is 3.61. The minimum absolute atomic E-state index is 0.143. The van der Waals surface area contributed by atoms with Gasteiger partial charge in [-0.25, -0.2) is 4.39 Å². The minimum Gasteiger partial charge on any atom is -0.483 e. The van der Waals surface area contributed by atoms with Gasteiger partial charge in [0.1, 0.15) is 11.6 Å². The Morgan fingerprint density at radius 2 is 1.92 bits per heavy atom. The van der Waals surface area contributed by atoms with E-state index in [-0.39, 0.29) is 30.3 Å². The standard InChI is InChI=1S/C18H18BrClFNO2/c1-11(2)18(12-3-5-13(20)6-4-12)22-17(23)10-24-16-8-7-14(21)9-15(16)19/h3-9,11,18H,10H2,1-2H3,(H,22,23). The van der Waals surface area contributed by atoms with Gasteiger partial charge in [-0.3, -0.25) is 4.79 Å². The van der Waals surface area contributed by atoms with Gasteiger partial charge in [-0.1, -0.05) is 37.6 Å². The summed E-state index contributed by atoms with van der Waals surface area (Å²) in [6.45, 7) is 3.90. The molecule has 0 saturated heterocycles. The summed E-state index contributed by atoms with van der Waals surface area (Å²) in [4.78, 5) is 12.2. The van der Waals surface area contributed by atoms with Crippen LogP contribution in [0.4, 0.5) is 4.39 Å². The lowest BCUT2D eigenvalue weighted by atomic mass is 9.96. The summed E-state index contributed by atoms with van der Waals surface area (Å²) in [6.07, 6.45) is 0. The Bertz CT molecular complexity index is 707. The molecule has 1 N–H and O–H groups in total. The second-order valence-corrected chi connectivity index (χ2v) is 6.99. The summed E-state index contributed by atoms with van der Waals surface area (Å²) in [5.74, 6) is -0.00650. The smallest absolute Gasteiger partial charge is 0.258 e. The van der Waals surface area contributed by atoms with E-state index in [0.29, 0.717) is 15.2 Å². The molecular weight excluding hydrogens is 397 g/mol. The minimum atomic E-state index is -0.374. The third-order valence-electron chi connectivity index (χ3n) is 3.46. The van der Waals surface area contributed by atoms with Gasteiger partial charge >= 0.3 is 0 Å². The highest BCUT2D eigenvalue weighted by Crippen LogP contribution is 2.26. The average molecular weight is 415 g/mol. The fourth-order valence-corrected chi connectivity index (χ4v) is 2.85. The van der Waals surface area contributed by atoms with E-state index in [1.165, 1.54) is 18.2 Å². The van der Waals surface area contributed by atoms with Gasteiger partial charge in [-0.05, 0) is 57.7 Å². The topological polar surface area (TPSA) is 38.3 Å². The molecule has 0 aliphatic heterocycles. The summed E-state index contributed by atoms with van der Waals surface area (Å²) in [6, 6.07) is 11.3. The van der Waals surface area contributed by atoms with Crippen LogP contribution < -0.4 is 10.1 Å². The van der Waals surface area contributed by atoms with Crippen LogP contribution >= 0.6 is 27.5 Å². The van der Waals surface area contributed by atoms with Gasteiger partial charge in [0.05, 0.1) is 10.5 Å². The van der Waals surface area contributed by atoms with E-state index in [4.69, 9.17) is 16.3 Å². The Balaban J connectivity index is 1.99. The lowest BCUT2D eigenvalue weighted by Gasteiger charge is -2.23. The zero-order chi connectivity index (χ0) is 17.7. The second kappa shape index (κ2) is 8.49. The summed E-state index contributed by atoms with van der Waals surface area (Å²) in [5.41, 5.74) is 0.978. The second-order valence-electron chi connectivity index (χ2n) is 5.70. The predicted molar refractivity (Wildman–Crippen MR) is 96.8 cm³/mol. The van der Waals surface area contributed by atoms with Crippen LogP contribution in [0.5, 0.6) is 5.75 Å². The van der Waals surface area contributed by atoms with Crippen LogP contribution in [0.1, 0.15) is 25.5 Å². The molecule has 0 radical (unpaired) electrons. The van der Waals surface area contributed by atoms with E-state index in [0.717, 1.165) is 5.56 Å².